The van der Waals surface area contributed by atoms with Crippen LogP contribution in [0.15, 0.2) is 71.5 Å². The van der Waals surface area contributed by atoms with Crippen molar-refractivity contribution in [3.63, 3.8) is 0 Å². The van der Waals surface area contributed by atoms with E-state index >= 15 is 0 Å². The van der Waals surface area contributed by atoms with E-state index in [9.17, 15) is 4.79 Å². The molecule has 5 heteroatoms. The third-order valence-electron chi connectivity index (χ3n) is 3.95. The van der Waals surface area contributed by atoms with Gasteiger partial charge in [-0.1, -0.05) is 46.3 Å². The highest BCUT2D eigenvalue weighted by molar-refractivity contribution is 9.10. The van der Waals surface area contributed by atoms with Gasteiger partial charge in [0.15, 0.2) is 0 Å². The molecule has 0 unspecified atom stereocenters. The number of carbonyl (C=O) groups is 1. The number of anilines is 1. The van der Waals surface area contributed by atoms with Crippen molar-refractivity contribution in [2.24, 2.45) is 0 Å². The number of rotatable bonds is 3. The minimum atomic E-state index is -0.0764. The Morgan fingerprint density at radius 1 is 1.08 bits per heavy atom. The van der Waals surface area contributed by atoms with Crippen LogP contribution in [0.4, 0.5) is 5.69 Å². The molecule has 0 radical (unpaired) electrons. The highest BCUT2D eigenvalue weighted by atomic mass is 79.9. The molecule has 0 spiro atoms. The summed E-state index contributed by atoms with van der Waals surface area (Å²) in [7, 11) is 0. The van der Waals surface area contributed by atoms with Crippen molar-refractivity contribution in [1.82, 2.24) is 9.55 Å². The first-order valence-electron chi connectivity index (χ1n) is 7.59. The Hall–Kier alpha value is -2.66. The molecule has 0 aliphatic heterocycles. The quantitative estimate of drug-likeness (QED) is 0.565. The molecule has 0 saturated heterocycles. The van der Waals surface area contributed by atoms with E-state index in [0.29, 0.717) is 0 Å². The average molecular weight is 380 g/mol. The Bertz CT molecular complexity index is 1050. The summed E-state index contributed by atoms with van der Waals surface area (Å²) in [6.07, 6.45) is 1.70. The van der Waals surface area contributed by atoms with E-state index in [2.05, 4.69) is 26.2 Å². The molecule has 0 fully saturated rings. The van der Waals surface area contributed by atoms with E-state index in [0.717, 1.165) is 32.0 Å². The van der Waals surface area contributed by atoms with Gasteiger partial charge in [-0.05, 0) is 41.1 Å². The number of imidazole rings is 1. The molecule has 1 aromatic heterocycles. The van der Waals surface area contributed by atoms with Gasteiger partial charge in [0.1, 0.15) is 6.54 Å². The standard InChI is InChI=1S/C19H14BrN3O/c20-16-5-3-4-13-10-14(8-9-15(13)16)22-19(24)11-23-12-21-17-6-1-2-7-18(17)23/h1-10,12H,11H2,(H,22,24). The van der Waals surface area contributed by atoms with Gasteiger partial charge in [-0.3, -0.25) is 4.79 Å². The summed E-state index contributed by atoms with van der Waals surface area (Å²) < 4.78 is 2.89. The first-order valence-corrected chi connectivity index (χ1v) is 8.38. The fourth-order valence-electron chi connectivity index (χ4n) is 2.81. The number of aromatic nitrogens is 2. The third-order valence-corrected chi connectivity index (χ3v) is 4.64. The first-order chi connectivity index (χ1) is 11.7. The smallest absolute Gasteiger partial charge is 0.244 e. The molecule has 0 saturated carbocycles. The number of benzene rings is 3. The van der Waals surface area contributed by atoms with Crippen LogP contribution in [-0.2, 0) is 11.3 Å². The maximum Gasteiger partial charge on any atom is 0.244 e. The van der Waals surface area contributed by atoms with Crippen molar-refractivity contribution in [3.05, 3.63) is 71.5 Å². The van der Waals surface area contributed by atoms with Crippen LogP contribution in [0.3, 0.4) is 0 Å². The lowest BCUT2D eigenvalue weighted by atomic mass is 10.1. The molecule has 1 heterocycles. The van der Waals surface area contributed by atoms with E-state index in [1.807, 2.05) is 65.2 Å². The molecule has 0 aliphatic rings. The lowest BCUT2D eigenvalue weighted by Gasteiger charge is -2.08. The summed E-state index contributed by atoms with van der Waals surface area (Å²) in [5.41, 5.74) is 2.63. The monoisotopic (exact) mass is 379 g/mol. The third kappa shape index (κ3) is 2.78. The number of para-hydroxylation sites is 2. The Morgan fingerprint density at radius 3 is 2.88 bits per heavy atom. The summed E-state index contributed by atoms with van der Waals surface area (Å²) >= 11 is 3.54. The van der Waals surface area contributed by atoms with E-state index in [1.54, 1.807) is 6.33 Å². The van der Waals surface area contributed by atoms with Crippen LogP contribution in [0.5, 0.6) is 0 Å². The highest BCUT2D eigenvalue weighted by Gasteiger charge is 2.08. The first kappa shape index (κ1) is 14.9. The van der Waals surface area contributed by atoms with Crippen molar-refractivity contribution in [1.29, 1.82) is 0 Å². The minimum absolute atomic E-state index is 0.0764. The second kappa shape index (κ2) is 6.09. The van der Waals surface area contributed by atoms with Crippen LogP contribution < -0.4 is 5.32 Å². The van der Waals surface area contributed by atoms with Gasteiger partial charge in [0.05, 0.1) is 17.4 Å². The van der Waals surface area contributed by atoms with Gasteiger partial charge in [-0.15, -0.1) is 0 Å². The van der Waals surface area contributed by atoms with Crippen LogP contribution >= 0.6 is 15.9 Å². The van der Waals surface area contributed by atoms with E-state index in [4.69, 9.17) is 0 Å². The number of amides is 1. The molecule has 1 amide bonds. The van der Waals surface area contributed by atoms with E-state index in [1.165, 1.54) is 0 Å². The summed E-state index contributed by atoms with van der Waals surface area (Å²) in [4.78, 5) is 16.7. The molecule has 0 aliphatic carbocycles. The zero-order valence-corrected chi connectivity index (χ0v) is 14.3. The zero-order chi connectivity index (χ0) is 16.5. The molecule has 0 bridgehead atoms. The van der Waals surface area contributed by atoms with Crippen LogP contribution in [0.25, 0.3) is 21.8 Å². The Kier molecular flexibility index (Phi) is 3.78. The number of halogens is 1. The lowest BCUT2D eigenvalue weighted by Crippen LogP contribution is -2.18. The van der Waals surface area contributed by atoms with Gasteiger partial charge in [0, 0.05) is 10.2 Å². The predicted molar refractivity (Wildman–Crippen MR) is 100 cm³/mol. The van der Waals surface area contributed by atoms with Crippen molar-refractivity contribution < 1.29 is 4.79 Å². The molecular weight excluding hydrogens is 366 g/mol. The second-order valence-electron chi connectivity index (χ2n) is 5.59. The maximum absolute atomic E-state index is 12.4. The second-order valence-corrected chi connectivity index (χ2v) is 6.44. The number of carbonyl (C=O) groups excluding carboxylic acids is 1. The molecule has 4 nitrogen and oxygen atoms in total. The maximum atomic E-state index is 12.4. The number of hydrogen-bond donors (Lipinski definition) is 1. The highest BCUT2D eigenvalue weighted by Crippen LogP contribution is 2.26. The fraction of sp³-hybridized carbons (Fsp3) is 0.0526. The van der Waals surface area contributed by atoms with Crippen LogP contribution in [0.2, 0.25) is 0 Å². The Balaban J connectivity index is 1.56. The van der Waals surface area contributed by atoms with Crippen LogP contribution in [0.1, 0.15) is 0 Å². The van der Waals surface area contributed by atoms with Gasteiger partial charge in [-0.25, -0.2) is 4.98 Å². The molecule has 1 N–H and O–H groups in total. The molecule has 24 heavy (non-hydrogen) atoms. The van der Waals surface area contributed by atoms with Crippen molar-refractivity contribution in [2.45, 2.75) is 6.54 Å². The minimum Gasteiger partial charge on any atom is -0.325 e. The topological polar surface area (TPSA) is 46.9 Å². The molecular formula is C19H14BrN3O. The van der Waals surface area contributed by atoms with Gasteiger partial charge in [0.25, 0.3) is 0 Å². The van der Waals surface area contributed by atoms with Gasteiger partial charge in [0.2, 0.25) is 5.91 Å². The summed E-state index contributed by atoms with van der Waals surface area (Å²) in [6.45, 7) is 0.233. The van der Waals surface area contributed by atoms with Crippen LogP contribution in [-0.4, -0.2) is 15.5 Å². The number of nitrogens with zero attached hydrogens (tertiary/aromatic N) is 2. The molecule has 4 aromatic rings. The van der Waals surface area contributed by atoms with E-state index < -0.39 is 0 Å². The molecule has 118 valence electrons. The van der Waals surface area contributed by atoms with E-state index in [-0.39, 0.29) is 12.5 Å². The van der Waals surface area contributed by atoms with Crippen molar-refractivity contribution in [2.75, 3.05) is 5.32 Å². The summed E-state index contributed by atoms with van der Waals surface area (Å²) in [6, 6.07) is 19.7. The largest absolute Gasteiger partial charge is 0.325 e. The molecule has 0 atom stereocenters. The number of fused-ring (bicyclic) bond motifs is 2. The average Bonchev–Trinajstić information content (AvgIpc) is 2.98. The predicted octanol–water partition coefficient (Wildman–Crippen LogP) is 4.59. The van der Waals surface area contributed by atoms with Crippen molar-refractivity contribution in [3.8, 4) is 0 Å². The molecule has 3 aromatic carbocycles. The SMILES string of the molecule is O=C(Cn1cnc2ccccc21)Nc1ccc2c(Br)cccc2c1. The Labute approximate surface area is 147 Å². The zero-order valence-electron chi connectivity index (χ0n) is 12.7. The lowest BCUT2D eigenvalue weighted by molar-refractivity contribution is -0.116. The normalized spacial score (nSPS) is 11.0. The Morgan fingerprint density at radius 2 is 1.96 bits per heavy atom. The summed E-state index contributed by atoms with van der Waals surface area (Å²) in [5.74, 6) is -0.0764. The van der Waals surface area contributed by atoms with Gasteiger partial charge >= 0.3 is 0 Å². The fourth-order valence-corrected chi connectivity index (χ4v) is 3.33. The van der Waals surface area contributed by atoms with Gasteiger partial charge in [-0.2, -0.15) is 0 Å². The van der Waals surface area contributed by atoms with Crippen LogP contribution in [0, 0.1) is 0 Å². The summed E-state index contributed by atoms with van der Waals surface area (Å²) in [5, 5.41) is 5.15. The number of hydrogen-bond acceptors (Lipinski definition) is 2. The number of nitrogens with one attached hydrogen (secondary N) is 1. The molecule has 4 rings (SSSR count). The van der Waals surface area contributed by atoms with Gasteiger partial charge < -0.3 is 9.88 Å². The van der Waals surface area contributed by atoms with Crippen molar-refractivity contribution >= 4 is 49.3 Å².